The molecule has 0 saturated heterocycles. The summed E-state index contributed by atoms with van der Waals surface area (Å²) in [6.07, 6.45) is -4.72. The Morgan fingerprint density at radius 3 is 2.00 bits per heavy atom. The molecule has 1 atom stereocenters. The van der Waals surface area contributed by atoms with E-state index >= 15 is 0 Å². The van der Waals surface area contributed by atoms with Crippen molar-refractivity contribution in [3.8, 4) is 17.2 Å². The minimum Gasteiger partial charge on any atom is -0.457 e. The predicted octanol–water partition coefficient (Wildman–Crippen LogP) is 3.01. The van der Waals surface area contributed by atoms with Crippen LogP contribution in [0.5, 0.6) is 17.2 Å². The van der Waals surface area contributed by atoms with Gasteiger partial charge in [0.2, 0.25) is 6.41 Å². The molecule has 0 aliphatic heterocycles. The van der Waals surface area contributed by atoms with E-state index in [-0.39, 0.29) is 34.5 Å². The largest absolute Gasteiger partial charge is 0.573 e. The molecule has 164 valence electrons. The summed E-state index contributed by atoms with van der Waals surface area (Å²) >= 11 is 0. The maximum absolute atomic E-state index is 12.5. The number of methoxy groups -OCH3 is 1. The Morgan fingerprint density at radius 2 is 1.53 bits per heavy atom. The molecule has 1 unspecified atom stereocenters. The van der Waals surface area contributed by atoms with Crippen LogP contribution in [0.25, 0.3) is 0 Å². The summed E-state index contributed by atoms with van der Waals surface area (Å²) in [5.74, 6) is -0.530. The van der Waals surface area contributed by atoms with Gasteiger partial charge in [0, 0.05) is 7.11 Å². The number of amides is 1. The predicted molar refractivity (Wildman–Crippen MR) is 97.0 cm³/mol. The number of carbonyl (C=O) groups is 1. The van der Waals surface area contributed by atoms with Gasteiger partial charge in [0.15, 0.2) is 9.84 Å². The highest BCUT2D eigenvalue weighted by Crippen LogP contribution is 2.28. The summed E-state index contributed by atoms with van der Waals surface area (Å²) in [5, 5.41) is 9.71. The topological polar surface area (TPSA) is 102 Å². The van der Waals surface area contributed by atoms with Crippen LogP contribution < -0.4 is 9.47 Å². The molecule has 0 aromatic heterocycles. The fourth-order valence-electron chi connectivity index (χ4n) is 2.39. The quantitative estimate of drug-likeness (QED) is 0.338. The fraction of sp³-hybridized carbons (Fsp3) is 0.278. The monoisotopic (exact) mass is 449 g/mol. The van der Waals surface area contributed by atoms with E-state index < -0.39 is 33.7 Å². The third-order valence-corrected chi connectivity index (χ3v) is 5.54. The number of carbonyl (C=O) groups excluding carboxylic acids is 1. The van der Waals surface area contributed by atoms with Crippen LogP contribution in [0.4, 0.5) is 13.2 Å². The number of hydrogen-bond acceptors (Lipinski definition) is 7. The second-order valence-corrected chi connectivity index (χ2v) is 8.00. The van der Waals surface area contributed by atoms with E-state index in [4.69, 9.17) is 9.47 Å². The van der Waals surface area contributed by atoms with Gasteiger partial charge in [-0.15, -0.1) is 13.2 Å². The van der Waals surface area contributed by atoms with Crippen molar-refractivity contribution >= 4 is 16.2 Å². The molecule has 2 rings (SSSR count). The molecular formula is C18H18F3NO7S. The first kappa shape index (κ1) is 23.4. The molecule has 8 nitrogen and oxygen atoms in total. The van der Waals surface area contributed by atoms with Crippen molar-refractivity contribution in [2.24, 2.45) is 0 Å². The summed E-state index contributed by atoms with van der Waals surface area (Å²) in [5.41, 5.74) is 0. The van der Waals surface area contributed by atoms with E-state index in [9.17, 15) is 31.6 Å². The summed E-state index contributed by atoms with van der Waals surface area (Å²) < 4.78 is 75.5. The summed E-state index contributed by atoms with van der Waals surface area (Å²) in [4.78, 5) is 10.6. The summed E-state index contributed by atoms with van der Waals surface area (Å²) in [6, 6.07) is 8.81. The zero-order valence-electron chi connectivity index (χ0n) is 15.6. The molecule has 0 spiro atoms. The van der Waals surface area contributed by atoms with E-state index in [0.29, 0.717) is 0 Å². The molecule has 12 heteroatoms. The molecule has 0 bridgehead atoms. The molecule has 1 N–H and O–H groups in total. The maximum atomic E-state index is 12.5. The van der Waals surface area contributed by atoms with Crippen LogP contribution in [-0.2, 0) is 19.4 Å². The normalized spacial score (nSPS) is 12.8. The lowest BCUT2D eigenvalue weighted by molar-refractivity contribution is -0.274. The Kier molecular flexibility index (Phi) is 7.65. The van der Waals surface area contributed by atoms with Gasteiger partial charge in [-0.2, -0.15) is 0 Å². The van der Waals surface area contributed by atoms with Crippen molar-refractivity contribution in [2.45, 2.75) is 17.3 Å². The minimum atomic E-state index is -4.80. The Morgan fingerprint density at radius 1 is 1.03 bits per heavy atom. The Labute approximate surface area is 170 Å². The Hall–Kier alpha value is -2.83. The average Bonchev–Trinajstić information content (AvgIpc) is 2.68. The highest BCUT2D eigenvalue weighted by molar-refractivity contribution is 7.91. The van der Waals surface area contributed by atoms with Crippen LogP contribution in [0.15, 0.2) is 53.4 Å². The van der Waals surface area contributed by atoms with Crippen molar-refractivity contribution in [2.75, 3.05) is 19.5 Å². The van der Waals surface area contributed by atoms with Gasteiger partial charge in [0.05, 0.1) is 23.3 Å². The van der Waals surface area contributed by atoms with Gasteiger partial charge in [-0.05, 0) is 48.5 Å². The SMILES string of the molecule is COCC(CS(=O)(=O)c1ccc(Oc2ccc(OC(F)(F)F)cc2)cc1)N(O)C=O. The molecule has 1 amide bonds. The van der Waals surface area contributed by atoms with Crippen LogP contribution in [0, 0.1) is 0 Å². The molecule has 0 radical (unpaired) electrons. The first-order valence-corrected chi connectivity index (χ1v) is 9.97. The molecule has 0 fully saturated rings. The molecular weight excluding hydrogens is 431 g/mol. The molecule has 2 aromatic rings. The molecule has 2 aromatic carbocycles. The van der Waals surface area contributed by atoms with Gasteiger partial charge in [-0.1, -0.05) is 0 Å². The van der Waals surface area contributed by atoms with Crippen LogP contribution in [-0.4, -0.2) is 57.0 Å². The third kappa shape index (κ3) is 6.90. The number of hydrogen-bond donors (Lipinski definition) is 1. The highest BCUT2D eigenvalue weighted by Gasteiger charge is 2.31. The van der Waals surface area contributed by atoms with E-state index in [1.54, 1.807) is 0 Å². The van der Waals surface area contributed by atoms with Gasteiger partial charge >= 0.3 is 6.36 Å². The second-order valence-electron chi connectivity index (χ2n) is 5.97. The fourth-order valence-corrected chi connectivity index (χ4v) is 3.89. The lowest BCUT2D eigenvalue weighted by atomic mass is 10.3. The summed E-state index contributed by atoms with van der Waals surface area (Å²) in [7, 11) is -2.57. The van der Waals surface area contributed by atoms with Crippen LogP contribution in [0.3, 0.4) is 0 Å². The van der Waals surface area contributed by atoms with Crippen LogP contribution in [0.2, 0.25) is 0 Å². The van der Waals surface area contributed by atoms with Crippen LogP contribution in [0.1, 0.15) is 0 Å². The van der Waals surface area contributed by atoms with E-state index in [0.717, 1.165) is 12.1 Å². The van der Waals surface area contributed by atoms with E-state index in [2.05, 4.69) is 4.74 Å². The van der Waals surface area contributed by atoms with Crippen LogP contribution >= 0.6 is 0 Å². The zero-order valence-corrected chi connectivity index (χ0v) is 16.4. The lowest BCUT2D eigenvalue weighted by Gasteiger charge is -2.21. The van der Waals surface area contributed by atoms with Gasteiger partial charge in [0.1, 0.15) is 17.2 Å². The molecule has 0 heterocycles. The smallest absolute Gasteiger partial charge is 0.457 e. The molecule has 0 aliphatic rings. The molecule has 0 aliphatic carbocycles. The number of alkyl halides is 3. The highest BCUT2D eigenvalue weighted by atomic mass is 32.2. The standard InChI is InChI=1S/C18H18F3NO7S/c1-27-10-13(22(24)12-23)11-30(25,26)17-8-6-15(7-9-17)28-14-2-4-16(5-3-14)29-18(19,20)21/h2-9,12-13,24H,10-11H2,1H3. The number of halogens is 3. The zero-order chi connectivity index (χ0) is 22.4. The first-order valence-electron chi connectivity index (χ1n) is 8.32. The van der Waals surface area contributed by atoms with Crippen molar-refractivity contribution in [3.05, 3.63) is 48.5 Å². The van der Waals surface area contributed by atoms with Crippen molar-refractivity contribution < 1.29 is 45.8 Å². The van der Waals surface area contributed by atoms with E-state index in [1.807, 2.05) is 0 Å². The van der Waals surface area contributed by atoms with Gasteiger partial charge in [-0.3, -0.25) is 10.0 Å². The number of ether oxygens (including phenoxy) is 3. The molecule has 0 saturated carbocycles. The number of sulfone groups is 1. The summed E-state index contributed by atoms with van der Waals surface area (Å²) in [6.45, 7) is -0.191. The second kappa shape index (κ2) is 9.78. The number of nitrogens with zero attached hydrogens (tertiary/aromatic N) is 1. The number of rotatable bonds is 10. The minimum absolute atomic E-state index is 0.0795. The Balaban J connectivity index is 2.07. The first-order chi connectivity index (χ1) is 14.0. The maximum Gasteiger partial charge on any atom is 0.573 e. The number of hydroxylamine groups is 2. The van der Waals surface area contributed by atoms with Gasteiger partial charge in [-0.25, -0.2) is 13.5 Å². The van der Waals surface area contributed by atoms with Crippen molar-refractivity contribution in [1.29, 1.82) is 0 Å². The lowest BCUT2D eigenvalue weighted by Crippen LogP contribution is -2.40. The van der Waals surface area contributed by atoms with Crippen molar-refractivity contribution in [1.82, 2.24) is 5.06 Å². The van der Waals surface area contributed by atoms with Gasteiger partial charge < -0.3 is 14.2 Å². The van der Waals surface area contributed by atoms with Crippen molar-refractivity contribution in [3.63, 3.8) is 0 Å². The number of benzene rings is 2. The average molecular weight is 449 g/mol. The molecule has 30 heavy (non-hydrogen) atoms. The van der Waals surface area contributed by atoms with E-state index in [1.165, 1.54) is 43.5 Å². The Bertz CT molecular complexity index is 932. The van der Waals surface area contributed by atoms with Gasteiger partial charge in [0.25, 0.3) is 0 Å². The third-order valence-electron chi connectivity index (χ3n) is 3.73.